The predicted octanol–water partition coefficient (Wildman–Crippen LogP) is 7.70. The van der Waals surface area contributed by atoms with Crippen LogP contribution in [0.4, 0.5) is 0 Å². The van der Waals surface area contributed by atoms with Crippen molar-refractivity contribution in [3.05, 3.63) is 24.3 Å². The Kier molecular flexibility index (Phi) is 9.09. The van der Waals surface area contributed by atoms with Crippen molar-refractivity contribution in [3.63, 3.8) is 0 Å². The van der Waals surface area contributed by atoms with Crippen LogP contribution in [0.2, 0.25) is 0 Å². The van der Waals surface area contributed by atoms with Gasteiger partial charge in [-0.2, -0.15) is 0 Å². The molecule has 2 rings (SSSR count). The van der Waals surface area contributed by atoms with Crippen molar-refractivity contribution in [1.82, 2.24) is 0 Å². The van der Waals surface area contributed by atoms with E-state index in [0.717, 1.165) is 23.7 Å². The van der Waals surface area contributed by atoms with Crippen LogP contribution in [0.1, 0.15) is 97.3 Å². The van der Waals surface area contributed by atoms with Gasteiger partial charge in [-0.3, -0.25) is 0 Å². The minimum atomic E-state index is 0.889. The summed E-state index contributed by atoms with van der Waals surface area (Å²) in [5.74, 6) is 3.84. The molecule has 23 heavy (non-hydrogen) atoms. The first-order valence-corrected chi connectivity index (χ1v) is 10.6. The largest absolute Gasteiger partial charge is 0.0885 e. The molecule has 0 spiro atoms. The third-order valence-corrected chi connectivity index (χ3v) is 6.27. The minimum absolute atomic E-state index is 0.889. The average molecular weight is 317 g/mol. The Morgan fingerprint density at radius 1 is 0.652 bits per heavy atom. The molecule has 0 unspecified atom stereocenters. The van der Waals surface area contributed by atoms with Crippen molar-refractivity contribution >= 4 is 0 Å². The Labute approximate surface area is 145 Å². The van der Waals surface area contributed by atoms with E-state index in [2.05, 4.69) is 38.2 Å². The van der Waals surface area contributed by atoms with Crippen LogP contribution in [-0.2, 0) is 0 Å². The monoisotopic (exact) mass is 316 g/mol. The Hall–Kier alpha value is -0.520. The van der Waals surface area contributed by atoms with Gasteiger partial charge in [-0.05, 0) is 94.3 Å². The van der Waals surface area contributed by atoms with E-state index >= 15 is 0 Å². The highest BCUT2D eigenvalue weighted by Crippen LogP contribution is 2.34. The van der Waals surface area contributed by atoms with Crippen molar-refractivity contribution in [3.8, 4) is 0 Å². The highest BCUT2D eigenvalue weighted by molar-refractivity contribution is 4.93. The second-order valence-corrected chi connectivity index (χ2v) is 8.19. The van der Waals surface area contributed by atoms with Crippen molar-refractivity contribution in [2.24, 2.45) is 23.7 Å². The first-order chi connectivity index (χ1) is 11.3. The Morgan fingerprint density at radius 2 is 1.17 bits per heavy atom. The molecule has 0 atom stereocenters. The van der Waals surface area contributed by atoms with Gasteiger partial charge in [-0.1, -0.05) is 51.0 Å². The fourth-order valence-corrected chi connectivity index (χ4v) is 4.70. The van der Waals surface area contributed by atoms with Crippen LogP contribution < -0.4 is 0 Å². The Balaban J connectivity index is 1.55. The SMILES string of the molecule is CCC=C[C@H]1CC[C@H](CCC=C[C@H]2CC[C@H](CCC)CC2)CC1. The molecule has 0 aliphatic heterocycles. The molecule has 0 bridgehead atoms. The van der Waals surface area contributed by atoms with Crippen LogP contribution >= 0.6 is 0 Å². The summed E-state index contributed by atoms with van der Waals surface area (Å²) in [6.07, 6.45) is 28.4. The molecule has 2 aliphatic rings. The minimum Gasteiger partial charge on any atom is -0.0885 e. The van der Waals surface area contributed by atoms with Crippen molar-refractivity contribution < 1.29 is 0 Å². The summed E-state index contributed by atoms with van der Waals surface area (Å²) in [6, 6.07) is 0. The van der Waals surface area contributed by atoms with Crippen LogP contribution in [0, 0.1) is 23.7 Å². The lowest BCUT2D eigenvalue weighted by atomic mass is 9.79. The highest BCUT2D eigenvalue weighted by atomic mass is 14.3. The molecule has 0 radical (unpaired) electrons. The third-order valence-electron chi connectivity index (χ3n) is 6.27. The molecule has 0 N–H and O–H groups in total. The van der Waals surface area contributed by atoms with Gasteiger partial charge in [-0.15, -0.1) is 0 Å². The van der Waals surface area contributed by atoms with Gasteiger partial charge < -0.3 is 0 Å². The van der Waals surface area contributed by atoms with Crippen LogP contribution in [0.15, 0.2) is 24.3 Å². The molecule has 0 heterocycles. The van der Waals surface area contributed by atoms with Gasteiger partial charge in [-0.25, -0.2) is 0 Å². The molecular formula is C23H40. The molecule has 0 amide bonds. The molecule has 0 heteroatoms. The molecule has 0 aromatic heterocycles. The van der Waals surface area contributed by atoms with E-state index < -0.39 is 0 Å². The molecule has 2 aliphatic carbocycles. The predicted molar refractivity (Wildman–Crippen MR) is 104 cm³/mol. The quantitative estimate of drug-likeness (QED) is 0.402. The maximum Gasteiger partial charge on any atom is -0.0233 e. The van der Waals surface area contributed by atoms with Gasteiger partial charge in [0.1, 0.15) is 0 Å². The Morgan fingerprint density at radius 3 is 1.70 bits per heavy atom. The Bertz CT molecular complexity index is 335. The number of rotatable bonds is 8. The summed E-state index contributed by atoms with van der Waals surface area (Å²) in [5, 5.41) is 0. The lowest BCUT2D eigenvalue weighted by Gasteiger charge is -2.27. The van der Waals surface area contributed by atoms with Crippen molar-refractivity contribution in [1.29, 1.82) is 0 Å². The molecule has 2 fully saturated rings. The highest BCUT2D eigenvalue weighted by Gasteiger charge is 2.20. The molecule has 0 aromatic carbocycles. The standard InChI is InChI=1S/C23H40/c1-3-5-9-21-16-18-23(19-17-21)11-7-6-10-22-14-12-20(8-4-2)13-15-22/h5-6,9-10,20-23H,3-4,7-8,11-19H2,1-2H3/t20-,21-,22-,23-. The van der Waals surface area contributed by atoms with Crippen LogP contribution in [0.5, 0.6) is 0 Å². The van der Waals surface area contributed by atoms with Gasteiger partial charge in [0.15, 0.2) is 0 Å². The zero-order valence-electron chi connectivity index (χ0n) is 15.8. The molecule has 0 nitrogen and oxygen atoms in total. The van der Waals surface area contributed by atoms with E-state index in [9.17, 15) is 0 Å². The number of allylic oxidation sites excluding steroid dienone is 4. The average Bonchev–Trinajstić information content (AvgIpc) is 2.59. The van der Waals surface area contributed by atoms with Crippen LogP contribution in [0.25, 0.3) is 0 Å². The fourth-order valence-electron chi connectivity index (χ4n) is 4.70. The van der Waals surface area contributed by atoms with Gasteiger partial charge in [0.25, 0.3) is 0 Å². The zero-order chi connectivity index (χ0) is 16.3. The van der Waals surface area contributed by atoms with E-state index in [1.165, 1.54) is 83.5 Å². The van der Waals surface area contributed by atoms with E-state index in [1.54, 1.807) is 0 Å². The molecular weight excluding hydrogens is 276 g/mol. The summed E-state index contributed by atoms with van der Waals surface area (Å²) in [7, 11) is 0. The smallest absolute Gasteiger partial charge is 0.0233 e. The van der Waals surface area contributed by atoms with Gasteiger partial charge in [0.05, 0.1) is 0 Å². The third kappa shape index (κ3) is 7.27. The second kappa shape index (κ2) is 11.1. The normalized spacial score (nSPS) is 32.8. The number of hydrogen-bond acceptors (Lipinski definition) is 0. The molecule has 2 saturated carbocycles. The van der Waals surface area contributed by atoms with E-state index in [4.69, 9.17) is 0 Å². The van der Waals surface area contributed by atoms with Gasteiger partial charge in [0, 0.05) is 0 Å². The number of hydrogen-bond donors (Lipinski definition) is 0. The topological polar surface area (TPSA) is 0 Å². The van der Waals surface area contributed by atoms with Gasteiger partial charge in [0.2, 0.25) is 0 Å². The summed E-state index contributed by atoms with van der Waals surface area (Å²) >= 11 is 0. The zero-order valence-corrected chi connectivity index (χ0v) is 15.8. The van der Waals surface area contributed by atoms with E-state index in [1.807, 2.05) is 0 Å². The maximum absolute atomic E-state index is 2.57. The maximum atomic E-state index is 2.57. The molecule has 132 valence electrons. The fraction of sp³-hybridized carbons (Fsp3) is 0.826. The lowest BCUT2D eigenvalue weighted by molar-refractivity contribution is 0.291. The summed E-state index contributed by atoms with van der Waals surface area (Å²) in [5.41, 5.74) is 0. The van der Waals surface area contributed by atoms with E-state index in [-0.39, 0.29) is 0 Å². The van der Waals surface area contributed by atoms with Gasteiger partial charge >= 0.3 is 0 Å². The lowest BCUT2D eigenvalue weighted by Crippen LogP contribution is -2.13. The van der Waals surface area contributed by atoms with Crippen molar-refractivity contribution in [2.45, 2.75) is 97.3 Å². The first kappa shape index (κ1) is 18.8. The van der Waals surface area contributed by atoms with Crippen molar-refractivity contribution in [2.75, 3.05) is 0 Å². The molecule has 0 aromatic rings. The second-order valence-electron chi connectivity index (χ2n) is 8.19. The molecule has 0 saturated heterocycles. The summed E-state index contributed by atoms with van der Waals surface area (Å²) in [6.45, 7) is 4.57. The first-order valence-electron chi connectivity index (χ1n) is 10.6. The van der Waals surface area contributed by atoms with Crippen LogP contribution in [-0.4, -0.2) is 0 Å². The van der Waals surface area contributed by atoms with E-state index in [0.29, 0.717) is 0 Å². The van der Waals surface area contributed by atoms with Crippen LogP contribution in [0.3, 0.4) is 0 Å². The summed E-state index contributed by atoms with van der Waals surface area (Å²) < 4.78 is 0. The summed E-state index contributed by atoms with van der Waals surface area (Å²) in [4.78, 5) is 0.